The minimum Gasteiger partial charge on any atom is -0.492 e. The van der Waals surface area contributed by atoms with Crippen molar-refractivity contribution in [2.75, 3.05) is 92.4 Å². The fraction of sp³-hybridized carbons (Fsp3) is 0.349. The molecule has 23 heteroatoms. The molecule has 9 rings (SSSR count). The average molecular weight is 1490 g/mol. The van der Waals surface area contributed by atoms with Gasteiger partial charge in [-0.15, -0.1) is 4.73 Å². The number of amides is 3. The van der Waals surface area contributed by atoms with E-state index in [4.69, 9.17) is 61.7 Å². The molecule has 0 atom stereocenters. The summed E-state index contributed by atoms with van der Waals surface area (Å²) in [5.74, 6) is -4.46. The summed E-state index contributed by atoms with van der Waals surface area (Å²) < 4.78 is 76.8. The van der Waals surface area contributed by atoms with Gasteiger partial charge in [0.1, 0.15) is 37.5 Å². The van der Waals surface area contributed by atoms with Crippen molar-refractivity contribution in [2.45, 2.75) is 102 Å². The van der Waals surface area contributed by atoms with E-state index in [1.165, 1.54) is 0 Å². The highest BCUT2D eigenvalue weighted by molar-refractivity contribution is 5.90. The summed E-state index contributed by atoms with van der Waals surface area (Å²) in [6.45, 7) is 1.02. The van der Waals surface area contributed by atoms with Crippen LogP contribution in [0.4, 0.5) is 0 Å². The van der Waals surface area contributed by atoms with Crippen LogP contribution < -0.4 is 15.5 Å². The van der Waals surface area contributed by atoms with Gasteiger partial charge in [-0.05, 0) is 44.5 Å². The first-order chi connectivity index (χ1) is 53.5. The van der Waals surface area contributed by atoms with Gasteiger partial charge in [-0.2, -0.15) is 0 Å². The van der Waals surface area contributed by atoms with Gasteiger partial charge in [0.15, 0.2) is 0 Å². The molecule has 1 heterocycles. The Balaban J connectivity index is 0.962. The maximum Gasteiger partial charge on any atom is 0.333 e. The molecule has 23 nitrogen and oxygen atoms in total. The third kappa shape index (κ3) is 33.6. The van der Waals surface area contributed by atoms with Gasteiger partial charge in [-0.3, -0.25) is 14.4 Å². The van der Waals surface area contributed by atoms with Crippen LogP contribution in [0.25, 0.3) is 0 Å². The van der Waals surface area contributed by atoms with E-state index in [1.54, 1.807) is 0 Å². The summed E-state index contributed by atoms with van der Waals surface area (Å²) in [7, 11) is 0. The van der Waals surface area contributed by atoms with Crippen LogP contribution in [0.1, 0.15) is 57.3 Å². The Kier molecular flexibility index (Phi) is 37.5. The maximum atomic E-state index is 15.0. The topological polar surface area (TPSA) is 261 Å². The predicted octanol–water partition coefficient (Wildman–Crippen LogP) is 10.7. The fourth-order valence-corrected chi connectivity index (χ4v) is 11.0. The van der Waals surface area contributed by atoms with E-state index >= 15 is 0 Å². The number of aromatic nitrogens is 1. The molecule has 0 saturated heterocycles. The van der Waals surface area contributed by atoms with Crippen LogP contribution in [0.2, 0.25) is 0 Å². The van der Waals surface area contributed by atoms with Crippen LogP contribution in [-0.4, -0.2) is 172 Å². The van der Waals surface area contributed by atoms with E-state index in [0.717, 1.165) is 61.5 Å². The lowest BCUT2D eigenvalue weighted by molar-refractivity contribution is -0.148. The van der Waals surface area contributed by atoms with E-state index in [2.05, 4.69) is 10.6 Å². The van der Waals surface area contributed by atoms with Crippen LogP contribution in [0, 0.1) is 0 Å². The van der Waals surface area contributed by atoms with Gasteiger partial charge >= 0.3 is 5.97 Å². The van der Waals surface area contributed by atoms with Crippen LogP contribution in [0.3, 0.4) is 0 Å². The van der Waals surface area contributed by atoms with Gasteiger partial charge in [0.25, 0.3) is 0 Å². The third-order valence-electron chi connectivity index (χ3n) is 16.7. The van der Waals surface area contributed by atoms with Gasteiger partial charge in [0.2, 0.25) is 29.5 Å². The van der Waals surface area contributed by atoms with Crippen molar-refractivity contribution in [3.63, 3.8) is 0 Å². The number of hydrogen-bond acceptors (Lipinski definition) is 19. The van der Waals surface area contributed by atoms with E-state index in [-0.39, 0.29) is 132 Å². The van der Waals surface area contributed by atoms with Crippen molar-refractivity contribution in [2.24, 2.45) is 0 Å². The van der Waals surface area contributed by atoms with Gasteiger partial charge in [0.05, 0.1) is 151 Å². The minimum atomic E-state index is -1.03. The monoisotopic (exact) mass is 1490 g/mol. The Labute approximate surface area is 637 Å². The lowest BCUT2D eigenvalue weighted by Crippen LogP contribution is -2.52. The van der Waals surface area contributed by atoms with Gasteiger partial charge in [0, 0.05) is 18.6 Å². The summed E-state index contributed by atoms with van der Waals surface area (Å²) in [6, 6.07) is 77.9. The molecule has 4 N–H and O–H groups in total. The standard InChI is InChI=1S/C86H100N4O19/c91-81(87-75(55-105-77(59-97-47-67-25-9-1-10-26-67)60-98-48-68-27-11-2-12-28-68)56-106-78(61-99-49-69-29-13-3-14-30-69)62-100-50-70-31-15-4-16-32-70)45-89(83(93)43-44-86(96)109-90-84(94)41-42-85(90)95)46-82(92)88-76(57-107-79(63-101-51-71-33-17-5-18-34-71)64-102-52-72-35-19-6-20-36-72)58-108-80(65-103-53-73-37-21-7-22-38-73)66-104-54-74-39-23-8-24-40-74/h1-42,75-80,94-95H,43-66H2,(H,87,91)(H,88,92). The highest BCUT2D eigenvalue weighted by Gasteiger charge is 2.28. The van der Waals surface area contributed by atoms with Gasteiger partial charge in [-0.25, -0.2) is 4.79 Å². The number of rotatable bonds is 54. The minimum absolute atomic E-state index is 0.102. The molecule has 0 aliphatic carbocycles. The molecule has 0 aliphatic heterocycles. The number of hydrogen-bond donors (Lipinski definition) is 4. The summed E-state index contributed by atoms with van der Waals surface area (Å²) in [5.41, 5.74) is 7.59. The van der Waals surface area contributed by atoms with Crippen LogP contribution in [0.5, 0.6) is 11.8 Å². The summed E-state index contributed by atoms with van der Waals surface area (Å²) in [5, 5.41) is 26.6. The average Bonchev–Trinajstić information content (AvgIpc) is 1.78. The normalized spacial score (nSPS) is 11.5. The Morgan fingerprint density at radius 1 is 0.294 bits per heavy atom. The molecule has 0 fully saturated rings. The number of nitrogens with zero attached hydrogens (tertiary/aromatic N) is 2. The number of carbonyl (C=O) groups is 4. The van der Waals surface area contributed by atoms with E-state index in [9.17, 15) is 29.4 Å². The molecule has 0 radical (unpaired) electrons. The maximum absolute atomic E-state index is 15.0. The second-order valence-electron chi connectivity index (χ2n) is 25.9. The van der Waals surface area contributed by atoms with Crippen molar-refractivity contribution in [1.82, 2.24) is 20.3 Å². The number of aromatic hydroxyl groups is 2. The molecule has 0 aliphatic rings. The van der Waals surface area contributed by atoms with E-state index in [0.29, 0.717) is 4.73 Å². The molecule has 578 valence electrons. The summed E-state index contributed by atoms with van der Waals surface area (Å²) in [4.78, 5) is 64.3. The second-order valence-corrected chi connectivity index (χ2v) is 25.9. The zero-order valence-corrected chi connectivity index (χ0v) is 61.4. The predicted molar refractivity (Wildman–Crippen MR) is 407 cm³/mol. The Hall–Kier alpha value is -9.96. The van der Waals surface area contributed by atoms with E-state index < -0.39 is 97.9 Å². The Bertz CT molecular complexity index is 3320. The molecular weight excluding hydrogens is 1390 g/mol. The van der Waals surface area contributed by atoms with Crippen molar-refractivity contribution >= 4 is 23.7 Å². The quantitative estimate of drug-likeness (QED) is 0.0276. The molecule has 8 aromatic carbocycles. The molecule has 0 spiro atoms. The molecule has 109 heavy (non-hydrogen) atoms. The van der Waals surface area contributed by atoms with Crippen molar-refractivity contribution < 1.29 is 91.1 Å². The zero-order chi connectivity index (χ0) is 76.0. The molecule has 0 bridgehead atoms. The Morgan fingerprint density at radius 3 is 0.716 bits per heavy atom. The zero-order valence-electron chi connectivity index (χ0n) is 61.4. The SMILES string of the molecule is O=C(CN(CC(=O)NC(COC(COCc1ccccc1)COCc1ccccc1)COC(COCc1ccccc1)COCc1ccccc1)C(=O)CCC(=O)On1c(O)ccc1O)NC(COC(COCc1ccccc1)COCc1ccccc1)COC(COCc1ccccc1)COCc1ccccc1. The largest absolute Gasteiger partial charge is 0.492 e. The molecular formula is C86H100N4O19. The highest BCUT2D eigenvalue weighted by Crippen LogP contribution is 2.20. The van der Waals surface area contributed by atoms with Crippen LogP contribution >= 0.6 is 0 Å². The van der Waals surface area contributed by atoms with Crippen LogP contribution in [0.15, 0.2) is 255 Å². The molecule has 3 amide bonds. The Morgan fingerprint density at radius 2 is 0.505 bits per heavy atom. The summed E-state index contributed by atoms with van der Waals surface area (Å²) in [6.07, 6.45) is -3.85. The van der Waals surface area contributed by atoms with E-state index in [1.807, 2.05) is 243 Å². The first-order valence-corrected chi connectivity index (χ1v) is 36.6. The van der Waals surface area contributed by atoms with Crippen LogP contribution in [-0.2, 0) is 129 Å². The fourth-order valence-electron chi connectivity index (χ4n) is 11.0. The highest BCUT2D eigenvalue weighted by atomic mass is 16.7. The number of carbonyl (C=O) groups excluding carboxylic acids is 4. The summed E-state index contributed by atoms with van der Waals surface area (Å²) >= 11 is 0. The lowest BCUT2D eigenvalue weighted by Gasteiger charge is -2.28. The second kappa shape index (κ2) is 49.2. The number of ether oxygens (including phenoxy) is 12. The smallest absolute Gasteiger partial charge is 0.333 e. The number of benzene rings is 8. The first kappa shape index (κ1) is 83.1. The van der Waals surface area contributed by atoms with Gasteiger partial charge in [-0.1, -0.05) is 243 Å². The van der Waals surface area contributed by atoms with Crippen molar-refractivity contribution in [3.05, 3.63) is 299 Å². The molecule has 0 saturated carbocycles. The van der Waals surface area contributed by atoms with Crippen molar-refractivity contribution in [1.29, 1.82) is 0 Å². The molecule has 0 unspecified atom stereocenters. The first-order valence-electron chi connectivity index (χ1n) is 36.6. The van der Waals surface area contributed by atoms with Gasteiger partial charge < -0.3 is 87.4 Å². The molecule has 1 aromatic heterocycles. The van der Waals surface area contributed by atoms with Crippen molar-refractivity contribution in [3.8, 4) is 11.8 Å². The third-order valence-corrected chi connectivity index (χ3v) is 16.7. The lowest BCUT2D eigenvalue weighted by atomic mass is 10.2. The number of nitrogens with one attached hydrogen (secondary N) is 2. The molecule has 9 aromatic rings.